The molecule has 0 unspecified atom stereocenters. The predicted molar refractivity (Wildman–Crippen MR) is 83.6 cm³/mol. The second-order valence-corrected chi connectivity index (χ2v) is 6.82. The van der Waals surface area contributed by atoms with Gasteiger partial charge in [0.2, 0.25) is 0 Å². The van der Waals surface area contributed by atoms with Crippen molar-refractivity contribution >= 4 is 9.84 Å². The summed E-state index contributed by atoms with van der Waals surface area (Å²) in [6, 6.07) is 6.45. The molecule has 120 valence electrons. The maximum atomic E-state index is 11.3. The van der Waals surface area contributed by atoms with Crippen LogP contribution in [0.1, 0.15) is 19.8 Å². The summed E-state index contributed by atoms with van der Waals surface area (Å²) in [6.45, 7) is 5.74. The SMILES string of the molecule is CCCCOCCNCCOc1ccc(S(C)(=O)=O)cc1. The Bertz CT molecular complexity index is 485. The second kappa shape index (κ2) is 9.76. The minimum Gasteiger partial charge on any atom is -0.492 e. The Balaban J connectivity index is 2.10. The Kier molecular flexibility index (Phi) is 8.34. The Hall–Kier alpha value is -1.11. The van der Waals surface area contributed by atoms with E-state index in [1.807, 2.05) is 0 Å². The van der Waals surface area contributed by atoms with Crippen LogP contribution < -0.4 is 10.1 Å². The number of hydrogen-bond donors (Lipinski definition) is 1. The second-order valence-electron chi connectivity index (χ2n) is 4.81. The average molecular weight is 315 g/mol. The Labute approximate surface area is 127 Å². The van der Waals surface area contributed by atoms with Crippen LogP contribution in [-0.2, 0) is 14.6 Å². The van der Waals surface area contributed by atoms with Gasteiger partial charge in [-0.05, 0) is 30.7 Å². The molecule has 0 aliphatic carbocycles. The van der Waals surface area contributed by atoms with E-state index in [4.69, 9.17) is 9.47 Å². The third-order valence-corrected chi connectivity index (χ3v) is 3.99. The van der Waals surface area contributed by atoms with Gasteiger partial charge in [-0.3, -0.25) is 0 Å². The van der Waals surface area contributed by atoms with Crippen LogP contribution >= 0.6 is 0 Å². The molecule has 0 atom stereocenters. The maximum Gasteiger partial charge on any atom is 0.175 e. The number of unbranched alkanes of at least 4 members (excludes halogenated alkanes) is 1. The molecule has 1 aromatic rings. The predicted octanol–water partition coefficient (Wildman–Crippen LogP) is 1.88. The molecule has 6 heteroatoms. The van der Waals surface area contributed by atoms with Gasteiger partial charge in [-0.1, -0.05) is 13.3 Å². The molecule has 0 aliphatic heterocycles. The van der Waals surface area contributed by atoms with Crippen LogP contribution in [0.3, 0.4) is 0 Å². The van der Waals surface area contributed by atoms with E-state index in [-0.39, 0.29) is 0 Å². The van der Waals surface area contributed by atoms with Crippen LogP contribution in [0.5, 0.6) is 5.75 Å². The topological polar surface area (TPSA) is 64.6 Å². The van der Waals surface area contributed by atoms with Gasteiger partial charge in [-0.25, -0.2) is 8.42 Å². The van der Waals surface area contributed by atoms with Gasteiger partial charge in [-0.15, -0.1) is 0 Å². The van der Waals surface area contributed by atoms with Crippen molar-refractivity contribution in [3.63, 3.8) is 0 Å². The maximum absolute atomic E-state index is 11.3. The van der Waals surface area contributed by atoms with E-state index < -0.39 is 9.84 Å². The van der Waals surface area contributed by atoms with Crippen LogP contribution in [-0.4, -0.2) is 47.6 Å². The molecule has 1 N–H and O–H groups in total. The first-order valence-electron chi connectivity index (χ1n) is 7.25. The fourth-order valence-electron chi connectivity index (χ4n) is 1.64. The van der Waals surface area contributed by atoms with Crippen LogP contribution in [0, 0.1) is 0 Å². The fourth-order valence-corrected chi connectivity index (χ4v) is 2.27. The first kappa shape index (κ1) is 17.9. The largest absolute Gasteiger partial charge is 0.492 e. The number of ether oxygens (including phenoxy) is 2. The molecule has 0 bridgehead atoms. The van der Waals surface area contributed by atoms with E-state index in [0.717, 1.165) is 32.5 Å². The third-order valence-electron chi connectivity index (χ3n) is 2.86. The highest BCUT2D eigenvalue weighted by molar-refractivity contribution is 7.90. The van der Waals surface area contributed by atoms with Crippen molar-refractivity contribution in [2.45, 2.75) is 24.7 Å². The summed E-state index contributed by atoms with van der Waals surface area (Å²) in [5.74, 6) is 0.670. The Morgan fingerprint density at radius 1 is 1.05 bits per heavy atom. The van der Waals surface area contributed by atoms with Gasteiger partial charge in [0.1, 0.15) is 12.4 Å². The zero-order valence-electron chi connectivity index (χ0n) is 12.8. The van der Waals surface area contributed by atoms with E-state index in [0.29, 0.717) is 23.9 Å². The zero-order chi connectivity index (χ0) is 15.6. The molecule has 0 amide bonds. The number of benzene rings is 1. The summed E-state index contributed by atoms with van der Waals surface area (Å²) in [5.41, 5.74) is 0. The van der Waals surface area contributed by atoms with Crippen LogP contribution in [0.15, 0.2) is 29.2 Å². The summed E-state index contributed by atoms with van der Waals surface area (Å²) in [7, 11) is -3.14. The van der Waals surface area contributed by atoms with Crippen LogP contribution in [0.25, 0.3) is 0 Å². The highest BCUT2D eigenvalue weighted by Gasteiger charge is 2.06. The van der Waals surface area contributed by atoms with Gasteiger partial charge in [0.25, 0.3) is 0 Å². The molecule has 0 aliphatic rings. The Morgan fingerprint density at radius 3 is 2.33 bits per heavy atom. The van der Waals surface area contributed by atoms with E-state index in [1.165, 1.54) is 6.26 Å². The summed E-state index contributed by atoms with van der Waals surface area (Å²) in [6.07, 6.45) is 3.45. The average Bonchev–Trinajstić information content (AvgIpc) is 2.45. The van der Waals surface area contributed by atoms with Gasteiger partial charge in [0.15, 0.2) is 9.84 Å². The van der Waals surface area contributed by atoms with Crippen molar-refractivity contribution in [3.05, 3.63) is 24.3 Å². The van der Waals surface area contributed by atoms with Gasteiger partial charge < -0.3 is 14.8 Å². The summed E-state index contributed by atoms with van der Waals surface area (Å²) in [5, 5.41) is 3.22. The lowest BCUT2D eigenvalue weighted by atomic mass is 10.3. The normalized spacial score (nSPS) is 11.5. The van der Waals surface area contributed by atoms with E-state index in [9.17, 15) is 8.42 Å². The highest BCUT2D eigenvalue weighted by Crippen LogP contribution is 2.15. The molecule has 21 heavy (non-hydrogen) atoms. The van der Waals surface area contributed by atoms with E-state index >= 15 is 0 Å². The quantitative estimate of drug-likeness (QED) is 0.632. The van der Waals surface area contributed by atoms with Crippen LogP contribution in [0.4, 0.5) is 0 Å². The van der Waals surface area contributed by atoms with Crippen molar-refractivity contribution in [2.24, 2.45) is 0 Å². The molecule has 0 spiro atoms. The first-order valence-corrected chi connectivity index (χ1v) is 9.14. The molecule has 1 aromatic carbocycles. The molecular weight excluding hydrogens is 290 g/mol. The van der Waals surface area contributed by atoms with Crippen molar-refractivity contribution in [1.82, 2.24) is 5.32 Å². The monoisotopic (exact) mass is 315 g/mol. The molecular formula is C15H25NO4S. The molecule has 1 rings (SSSR count). The fraction of sp³-hybridized carbons (Fsp3) is 0.600. The van der Waals surface area contributed by atoms with Gasteiger partial charge in [0, 0.05) is 26.0 Å². The summed E-state index contributed by atoms with van der Waals surface area (Å²) >= 11 is 0. The van der Waals surface area contributed by atoms with Crippen molar-refractivity contribution < 1.29 is 17.9 Å². The summed E-state index contributed by atoms with van der Waals surface area (Å²) < 4.78 is 33.6. The minimum absolute atomic E-state index is 0.303. The molecule has 0 fully saturated rings. The van der Waals surface area contributed by atoms with E-state index in [1.54, 1.807) is 24.3 Å². The van der Waals surface area contributed by atoms with Gasteiger partial charge in [-0.2, -0.15) is 0 Å². The lowest BCUT2D eigenvalue weighted by Crippen LogP contribution is -2.25. The minimum atomic E-state index is -3.14. The van der Waals surface area contributed by atoms with Gasteiger partial charge >= 0.3 is 0 Å². The number of nitrogens with one attached hydrogen (secondary N) is 1. The number of hydrogen-bond acceptors (Lipinski definition) is 5. The van der Waals surface area contributed by atoms with Crippen molar-refractivity contribution in [3.8, 4) is 5.75 Å². The summed E-state index contributed by atoms with van der Waals surface area (Å²) in [4.78, 5) is 0.303. The lowest BCUT2D eigenvalue weighted by Gasteiger charge is -2.08. The molecule has 0 saturated carbocycles. The number of sulfone groups is 1. The molecule has 0 aromatic heterocycles. The highest BCUT2D eigenvalue weighted by atomic mass is 32.2. The van der Waals surface area contributed by atoms with E-state index in [2.05, 4.69) is 12.2 Å². The van der Waals surface area contributed by atoms with Gasteiger partial charge in [0.05, 0.1) is 11.5 Å². The zero-order valence-corrected chi connectivity index (χ0v) is 13.6. The number of rotatable bonds is 11. The molecule has 5 nitrogen and oxygen atoms in total. The Morgan fingerprint density at radius 2 is 1.71 bits per heavy atom. The smallest absolute Gasteiger partial charge is 0.175 e. The molecule has 0 saturated heterocycles. The standard InChI is InChI=1S/C15H25NO4S/c1-3-4-11-19-12-9-16-10-13-20-14-5-7-15(8-6-14)21(2,17)18/h5-8,16H,3-4,9-13H2,1-2H3. The van der Waals surface area contributed by atoms with Crippen molar-refractivity contribution in [2.75, 3.05) is 39.2 Å². The molecule has 0 radical (unpaired) electrons. The third kappa shape index (κ3) is 8.04. The van der Waals surface area contributed by atoms with Crippen LogP contribution in [0.2, 0.25) is 0 Å². The van der Waals surface area contributed by atoms with Crippen molar-refractivity contribution in [1.29, 1.82) is 0 Å². The first-order chi connectivity index (χ1) is 10.0. The lowest BCUT2D eigenvalue weighted by molar-refractivity contribution is 0.132. The molecule has 0 heterocycles.